The van der Waals surface area contributed by atoms with E-state index in [0.29, 0.717) is 0 Å². The van der Waals surface area contributed by atoms with Crippen LogP contribution in [0.3, 0.4) is 0 Å². The van der Waals surface area contributed by atoms with Crippen LogP contribution in [0.25, 0.3) is 0 Å². The zero-order valence-corrected chi connectivity index (χ0v) is 11.0. The number of nitrogens with zero attached hydrogens (tertiary/aromatic N) is 1. The standard InChI is InChI=1S/C13H29N/c1-7-13(12(4)5)14(6)10-8-9-11(2)3/h11-13H,7-10H2,1-6H3. The Bertz CT molecular complexity index is 129. The van der Waals surface area contributed by atoms with Crippen LogP contribution in [0.1, 0.15) is 53.9 Å². The number of hydrogen-bond acceptors (Lipinski definition) is 1. The molecule has 0 aliphatic heterocycles. The van der Waals surface area contributed by atoms with Gasteiger partial charge in [0, 0.05) is 6.04 Å². The molecular weight excluding hydrogens is 170 g/mol. The maximum Gasteiger partial charge on any atom is 0.0113 e. The van der Waals surface area contributed by atoms with Crippen LogP contribution in [0.4, 0.5) is 0 Å². The Kier molecular flexibility index (Phi) is 7.26. The molecule has 0 fully saturated rings. The van der Waals surface area contributed by atoms with Gasteiger partial charge >= 0.3 is 0 Å². The summed E-state index contributed by atoms with van der Waals surface area (Å²) in [6.07, 6.45) is 3.98. The highest BCUT2D eigenvalue weighted by atomic mass is 15.1. The van der Waals surface area contributed by atoms with Crippen molar-refractivity contribution in [1.82, 2.24) is 4.90 Å². The van der Waals surface area contributed by atoms with Crippen molar-refractivity contribution in [3.8, 4) is 0 Å². The number of hydrogen-bond donors (Lipinski definition) is 0. The molecule has 0 aromatic carbocycles. The summed E-state index contributed by atoms with van der Waals surface area (Å²) in [6, 6.07) is 0.766. The van der Waals surface area contributed by atoms with Crippen LogP contribution in [0.2, 0.25) is 0 Å². The fraction of sp³-hybridized carbons (Fsp3) is 1.00. The lowest BCUT2D eigenvalue weighted by Crippen LogP contribution is -2.36. The van der Waals surface area contributed by atoms with Crippen molar-refractivity contribution in [3.63, 3.8) is 0 Å². The molecule has 1 nitrogen and oxygen atoms in total. The quantitative estimate of drug-likeness (QED) is 0.603. The van der Waals surface area contributed by atoms with E-state index in [2.05, 4.69) is 46.6 Å². The first-order valence-electron chi connectivity index (χ1n) is 6.19. The lowest BCUT2D eigenvalue weighted by molar-refractivity contribution is 0.181. The smallest absolute Gasteiger partial charge is 0.0113 e. The van der Waals surface area contributed by atoms with Crippen LogP contribution >= 0.6 is 0 Å². The van der Waals surface area contributed by atoms with Crippen LogP contribution in [0.5, 0.6) is 0 Å². The maximum absolute atomic E-state index is 2.53. The van der Waals surface area contributed by atoms with Crippen LogP contribution in [-0.2, 0) is 0 Å². The van der Waals surface area contributed by atoms with Crippen molar-refractivity contribution >= 4 is 0 Å². The summed E-state index contributed by atoms with van der Waals surface area (Å²) in [7, 11) is 2.27. The zero-order valence-electron chi connectivity index (χ0n) is 11.0. The Hall–Kier alpha value is -0.0400. The Morgan fingerprint density at radius 3 is 2.00 bits per heavy atom. The Labute approximate surface area is 90.9 Å². The molecule has 0 saturated carbocycles. The molecule has 86 valence electrons. The van der Waals surface area contributed by atoms with Crippen molar-refractivity contribution in [2.24, 2.45) is 11.8 Å². The van der Waals surface area contributed by atoms with Gasteiger partial charge in [0.05, 0.1) is 0 Å². The fourth-order valence-electron chi connectivity index (χ4n) is 2.21. The molecule has 0 aliphatic carbocycles. The van der Waals surface area contributed by atoms with Crippen LogP contribution < -0.4 is 0 Å². The van der Waals surface area contributed by atoms with E-state index in [1.165, 1.54) is 25.8 Å². The minimum absolute atomic E-state index is 0.766. The normalized spacial score (nSPS) is 14.4. The third kappa shape index (κ3) is 5.64. The highest BCUT2D eigenvalue weighted by Crippen LogP contribution is 2.14. The lowest BCUT2D eigenvalue weighted by Gasteiger charge is -2.30. The van der Waals surface area contributed by atoms with Gasteiger partial charge in [0.25, 0.3) is 0 Å². The van der Waals surface area contributed by atoms with Gasteiger partial charge in [-0.3, -0.25) is 0 Å². The fourth-order valence-corrected chi connectivity index (χ4v) is 2.21. The summed E-state index contributed by atoms with van der Waals surface area (Å²) in [5.74, 6) is 1.63. The molecule has 0 radical (unpaired) electrons. The third-order valence-corrected chi connectivity index (χ3v) is 3.05. The maximum atomic E-state index is 2.53. The topological polar surface area (TPSA) is 3.24 Å². The predicted octanol–water partition coefficient (Wildman–Crippen LogP) is 3.79. The molecule has 0 saturated heterocycles. The summed E-state index contributed by atoms with van der Waals surface area (Å²) in [5.41, 5.74) is 0. The van der Waals surface area contributed by atoms with Crippen LogP contribution in [0.15, 0.2) is 0 Å². The molecule has 0 aliphatic rings. The average Bonchev–Trinajstić information content (AvgIpc) is 2.03. The van der Waals surface area contributed by atoms with Crippen molar-refractivity contribution in [2.75, 3.05) is 13.6 Å². The van der Waals surface area contributed by atoms with E-state index >= 15 is 0 Å². The second-order valence-corrected chi connectivity index (χ2v) is 5.24. The second-order valence-electron chi connectivity index (χ2n) is 5.24. The first-order valence-corrected chi connectivity index (χ1v) is 6.19. The van der Waals surface area contributed by atoms with Gasteiger partial charge in [-0.2, -0.15) is 0 Å². The van der Waals surface area contributed by atoms with Crippen LogP contribution in [-0.4, -0.2) is 24.5 Å². The van der Waals surface area contributed by atoms with Gasteiger partial charge in [-0.15, -0.1) is 0 Å². The number of rotatable bonds is 7. The molecule has 0 heterocycles. The first-order chi connectivity index (χ1) is 6.49. The summed E-state index contributed by atoms with van der Waals surface area (Å²) in [5, 5.41) is 0. The molecule has 14 heavy (non-hydrogen) atoms. The molecule has 0 aromatic heterocycles. The molecule has 0 aromatic rings. The van der Waals surface area contributed by atoms with E-state index in [1.807, 2.05) is 0 Å². The minimum atomic E-state index is 0.766. The van der Waals surface area contributed by atoms with Gasteiger partial charge < -0.3 is 4.90 Å². The summed E-state index contributed by atoms with van der Waals surface area (Å²) < 4.78 is 0. The molecule has 1 unspecified atom stereocenters. The summed E-state index contributed by atoms with van der Waals surface area (Å²) in [6.45, 7) is 12.8. The molecule has 1 heteroatoms. The Balaban J connectivity index is 3.75. The minimum Gasteiger partial charge on any atom is -0.303 e. The van der Waals surface area contributed by atoms with Crippen molar-refractivity contribution in [3.05, 3.63) is 0 Å². The van der Waals surface area contributed by atoms with Crippen molar-refractivity contribution < 1.29 is 0 Å². The molecule has 0 amide bonds. The van der Waals surface area contributed by atoms with Gasteiger partial charge in [-0.25, -0.2) is 0 Å². The largest absolute Gasteiger partial charge is 0.303 e. The van der Waals surface area contributed by atoms with E-state index in [4.69, 9.17) is 0 Å². The van der Waals surface area contributed by atoms with E-state index in [0.717, 1.165) is 17.9 Å². The average molecular weight is 199 g/mol. The molecule has 0 rings (SSSR count). The predicted molar refractivity (Wildman–Crippen MR) is 65.6 cm³/mol. The monoisotopic (exact) mass is 199 g/mol. The van der Waals surface area contributed by atoms with Crippen molar-refractivity contribution in [1.29, 1.82) is 0 Å². The van der Waals surface area contributed by atoms with Gasteiger partial charge in [-0.1, -0.05) is 34.6 Å². The molecule has 0 N–H and O–H groups in total. The molecular formula is C13H29N. The Morgan fingerprint density at radius 1 is 1.07 bits per heavy atom. The second kappa shape index (κ2) is 7.28. The van der Waals surface area contributed by atoms with E-state index in [9.17, 15) is 0 Å². The van der Waals surface area contributed by atoms with Crippen LogP contribution in [0, 0.1) is 11.8 Å². The first kappa shape index (κ1) is 14.0. The zero-order chi connectivity index (χ0) is 11.1. The third-order valence-electron chi connectivity index (χ3n) is 3.05. The lowest BCUT2D eigenvalue weighted by atomic mass is 9.99. The molecule has 0 bridgehead atoms. The van der Waals surface area contributed by atoms with E-state index in [-0.39, 0.29) is 0 Å². The molecule has 0 spiro atoms. The van der Waals surface area contributed by atoms with Crippen molar-refractivity contribution in [2.45, 2.75) is 59.9 Å². The molecule has 1 atom stereocenters. The SMILES string of the molecule is CCC(C(C)C)N(C)CCCC(C)C. The van der Waals surface area contributed by atoms with Gasteiger partial charge in [0.1, 0.15) is 0 Å². The van der Waals surface area contributed by atoms with Gasteiger partial charge in [-0.05, 0) is 44.7 Å². The summed E-state index contributed by atoms with van der Waals surface area (Å²) in [4.78, 5) is 2.53. The highest BCUT2D eigenvalue weighted by molar-refractivity contribution is 4.70. The highest BCUT2D eigenvalue weighted by Gasteiger charge is 2.15. The van der Waals surface area contributed by atoms with Gasteiger partial charge in [0.15, 0.2) is 0 Å². The van der Waals surface area contributed by atoms with E-state index in [1.54, 1.807) is 0 Å². The Morgan fingerprint density at radius 2 is 1.64 bits per heavy atom. The van der Waals surface area contributed by atoms with Gasteiger partial charge in [0.2, 0.25) is 0 Å². The summed E-state index contributed by atoms with van der Waals surface area (Å²) >= 11 is 0. The van der Waals surface area contributed by atoms with E-state index < -0.39 is 0 Å².